The van der Waals surface area contributed by atoms with E-state index in [-0.39, 0.29) is 71.5 Å². The molecule has 4 aromatic carbocycles. The second-order valence-corrected chi connectivity index (χ2v) is 20.1. The number of rotatable bonds is 13. The topological polar surface area (TPSA) is 211 Å². The molecule has 4 fully saturated rings. The average molecular weight is 1010 g/mol. The highest BCUT2D eigenvalue weighted by molar-refractivity contribution is 7.90. The van der Waals surface area contributed by atoms with Crippen LogP contribution in [-0.4, -0.2) is 127 Å². The molecule has 0 spiro atoms. The molecule has 5 aromatic rings. The number of piperidine rings is 2. The van der Waals surface area contributed by atoms with Crippen molar-refractivity contribution >= 4 is 62.4 Å². The molecular formula is C49H47F3N10O9S. The standard InChI is InChI=1S/C49H47F3N10O9S/c50-31-15-18-59(26-31)72(68,69)62(70-29-63)41-10-7-39(51)46(37(41)24-53)71-34-5-8-40-36(23-34)49(67)61(28-54-40)33-3-1-32(2-4-33)57-21-19-56(20-22-57)25-30-13-16-58(17-14-30)42-9-6-35-38(45(42)52)27-60(48(35)66)43-11-12-44(64)55-47(43)65/h1-10,23,28-31,43H,11-22,25-27H2,(H,55,64,65)/t31-,43+/m1/s1. The number of nitriles is 1. The average Bonchev–Trinajstić information content (AvgIpc) is 3.98. The molecule has 19 nitrogen and oxygen atoms in total. The molecule has 5 aliphatic heterocycles. The molecule has 72 heavy (non-hydrogen) atoms. The summed E-state index contributed by atoms with van der Waals surface area (Å²) in [5.74, 6) is -3.21. The van der Waals surface area contributed by atoms with Gasteiger partial charge in [-0.3, -0.25) is 38.8 Å². The second kappa shape index (κ2) is 19.6. The van der Waals surface area contributed by atoms with Crippen molar-refractivity contribution in [3.8, 4) is 23.3 Å². The molecule has 0 radical (unpaired) electrons. The number of amides is 3. The number of halogens is 3. The van der Waals surface area contributed by atoms with Crippen molar-refractivity contribution in [1.82, 2.24) is 29.0 Å². The number of anilines is 3. The summed E-state index contributed by atoms with van der Waals surface area (Å²) < 4.78 is 80.2. The molecule has 3 amide bonds. The zero-order valence-corrected chi connectivity index (χ0v) is 39.4. The third-order valence-electron chi connectivity index (χ3n) is 14.1. The van der Waals surface area contributed by atoms with Gasteiger partial charge >= 0.3 is 16.7 Å². The predicted molar refractivity (Wildman–Crippen MR) is 254 cm³/mol. The monoisotopic (exact) mass is 1010 g/mol. The van der Waals surface area contributed by atoms with Gasteiger partial charge in [-0.15, -0.1) is 0 Å². The molecule has 0 bridgehead atoms. The Kier molecular flexibility index (Phi) is 13.1. The number of ether oxygens (including phenoxy) is 1. The smallest absolute Gasteiger partial charge is 0.335 e. The molecule has 6 heterocycles. The number of benzene rings is 4. The lowest BCUT2D eigenvalue weighted by Crippen LogP contribution is -2.52. The van der Waals surface area contributed by atoms with E-state index in [1.54, 1.807) is 30.3 Å². The molecular weight excluding hydrogens is 962 g/mol. The first-order chi connectivity index (χ1) is 34.7. The van der Waals surface area contributed by atoms with Gasteiger partial charge in [0.05, 0.1) is 28.8 Å². The number of alkyl halides is 1. The van der Waals surface area contributed by atoms with Crippen LogP contribution in [0.15, 0.2) is 77.9 Å². The third-order valence-corrected chi connectivity index (χ3v) is 15.8. The zero-order valence-electron chi connectivity index (χ0n) is 38.6. The summed E-state index contributed by atoms with van der Waals surface area (Å²) in [5.41, 5.74) is 1.07. The molecule has 374 valence electrons. The van der Waals surface area contributed by atoms with Crippen LogP contribution in [0.5, 0.6) is 11.5 Å². The first-order valence-corrected chi connectivity index (χ1v) is 24.9. The van der Waals surface area contributed by atoms with Gasteiger partial charge in [-0.25, -0.2) is 18.2 Å². The van der Waals surface area contributed by atoms with Gasteiger partial charge in [0.2, 0.25) is 11.8 Å². The Labute approximate surface area is 410 Å². The first kappa shape index (κ1) is 48.1. The molecule has 4 saturated heterocycles. The predicted octanol–water partition coefficient (Wildman–Crippen LogP) is 4.31. The zero-order chi connectivity index (χ0) is 50.4. The molecule has 5 aliphatic rings. The molecule has 10 rings (SSSR count). The Morgan fingerprint density at radius 2 is 1.62 bits per heavy atom. The molecule has 0 unspecified atom stereocenters. The van der Waals surface area contributed by atoms with Crippen molar-refractivity contribution in [3.63, 3.8) is 0 Å². The van der Waals surface area contributed by atoms with Crippen molar-refractivity contribution < 1.29 is 50.3 Å². The van der Waals surface area contributed by atoms with Crippen molar-refractivity contribution in [2.45, 2.75) is 50.9 Å². The molecule has 1 aromatic heterocycles. The van der Waals surface area contributed by atoms with E-state index in [4.69, 9.17) is 9.57 Å². The van der Waals surface area contributed by atoms with Crippen molar-refractivity contribution in [3.05, 3.63) is 112 Å². The summed E-state index contributed by atoms with van der Waals surface area (Å²) in [7, 11) is -4.72. The van der Waals surface area contributed by atoms with E-state index in [2.05, 4.69) is 20.1 Å². The van der Waals surface area contributed by atoms with Crippen molar-refractivity contribution in [2.75, 3.05) is 73.2 Å². The maximum Gasteiger partial charge on any atom is 0.335 e. The van der Waals surface area contributed by atoms with E-state index in [1.807, 2.05) is 17.0 Å². The van der Waals surface area contributed by atoms with Crippen LogP contribution >= 0.6 is 0 Å². The van der Waals surface area contributed by atoms with Gasteiger partial charge in [0, 0.05) is 82.1 Å². The minimum absolute atomic E-state index is 0.0155. The van der Waals surface area contributed by atoms with Gasteiger partial charge in [-0.1, -0.05) is 4.47 Å². The van der Waals surface area contributed by atoms with Crippen LogP contribution in [0.1, 0.15) is 53.6 Å². The quantitative estimate of drug-likeness (QED) is 0.0991. The summed E-state index contributed by atoms with van der Waals surface area (Å²) >= 11 is 0. The Balaban J connectivity index is 0.754. The van der Waals surface area contributed by atoms with Crippen LogP contribution in [0, 0.1) is 28.9 Å². The maximum absolute atomic E-state index is 16.0. The summed E-state index contributed by atoms with van der Waals surface area (Å²) in [6, 6.07) is 17.5. The van der Waals surface area contributed by atoms with Crippen LogP contribution in [-0.2, 0) is 36.0 Å². The molecule has 1 N–H and O–H groups in total. The normalized spacial score (nSPS) is 20.1. The number of carbonyl (C=O) groups is 4. The van der Waals surface area contributed by atoms with E-state index < -0.39 is 75.0 Å². The minimum atomic E-state index is -4.72. The number of hydrogen-bond donors (Lipinski definition) is 1. The van der Waals surface area contributed by atoms with Crippen LogP contribution in [0.4, 0.5) is 30.2 Å². The number of nitrogens with one attached hydrogen (secondary N) is 1. The summed E-state index contributed by atoms with van der Waals surface area (Å²) in [5, 5.41) is 12.5. The lowest BCUT2D eigenvalue weighted by molar-refractivity contribution is -0.137. The lowest BCUT2D eigenvalue weighted by Gasteiger charge is -2.40. The van der Waals surface area contributed by atoms with Gasteiger partial charge < -0.3 is 24.3 Å². The van der Waals surface area contributed by atoms with E-state index in [0.717, 1.165) is 67.7 Å². The van der Waals surface area contributed by atoms with Crippen LogP contribution < -0.4 is 29.9 Å². The summed E-state index contributed by atoms with van der Waals surface area (Å²) in [4.78, 5) is 80.0. The van der Waals surface area contributed by atoms with Crippen molar-refractivity contribution in [2.24, 2.45) is 5.92 Å². The van der Waals surface area contributed by atoms with Gasteiger partial charge in [-0.2, -0.15) is 18.0 Å². The fourth-order valence-corrected chi connectivity index (χ4v) is 11.7. The van der Waals surface area contributed by atoms with E-state index in [0.29, 0.717) is 35.9 Å². The van der Waals surface area contributed by atoms with Crippen LogP contribution in [0.2, 0.25) is 0 Å². The number of imide groups is 1. The van der Waals surface area contributed by atoms with Gasteiger partial charge in [-0.05, 0) is 98.3 Å². The number of piperazine rings is 1. The maximum atomic E-state index is 16.0. The van der Waals surface area contributed by atoms with Gasteiger partial charge in [0.15, 0.2) is 17.4 Å². The first-order valence-electron chi connectivity index (χ1n) is 23.5. The number of aromatic nitrogens is 2. The second-order valence-electron chi connectivity index (χ2n) is 18.3. The number of nitrogens with zero attached hydrogens (tertiary/aromatic N) is 9. The fourth-order valence-electron chi connectivity index (χ4n) is 10.2. The molecule has 2 atom stereocenters. The van der Waals surface area contributed by atoms with Crippen LogP contribution in [0.3, 0.4) is 0 Å². The largest absolute Gasteiger partial charge is 0.453 e. The van der Waals surface area contributed by atoms with E-state index in [1.165, 1.54) is 34.0 Å². The van der Waals surface area contributed by atoms with Crippen LogP contribution in [0.25, 0.3) is 16.6 Å². The third kappa shape index (κ3) is 9.05. The Bertz CT molecular complexity index is 3210. The lowest BCUT2D eigenvalue weighted by atomic mass is 9.95. The Hall–Kier alpha value is -7.55. The molecule has 0 saturated carbocycles. The SMILES string of the molecule is N#Cc1c(N(OC=O)S(=O)(=O)N2CC[C@@H](F)C2)ccc(F)c1Oc1ccc2ncn(-c3ccc(N4CCN(CC5CCN(c6ccc7c(c6F)CN([C@H]6CCC(=O)NC6=O)C7=O)CC5)CC4)cc3)c(=O)c2c1. The van der Waals surface area contributed by atoms with Gasteiger partial charge in [0.25, 0.3) is 11.5 Å². The minimum Gasteiger partial charge on any atom is -0.453 e. The van der Waals surface area contributed by atoms with Crippen molar-refractivity contribution in [1.29, 1.82) is 5.26 Å². The van der Waals surface area contributed by atoms with E-state index >= 15 is 8.78 Å². The highest BCUT2D eigenvalue weighted by Crippen LogP contribution is 2.39. The molecule has 0 aliphatic carbocycles. The highest BCUT2D eigenvalue weighted by atomic mass is 32.2. The fraction of sp³-hybridized carbons (Fsp3) is 0.367. The Morgan fingerprint density at radius 1 is 0.875 bits per heavy atom. The Morgan fingerprint density at radius 3 is 2.32 bits per heavy atom. The number of hydrogen-bond acceptors (Lipinski definition) is 14. The summed E-state index contributed by atoms with van der Waals surface area (Å²) in [6.45, 7) is 4.53. The number of fused-ring (bicyclic) bond motifs is 2. The van der Waals surface area contributed by atoms with Gasteiger partial charge in [0.1, 0.15) is 41.6 Å². The molecule has 23 heteroatoms. The summed E-state index contributed by atoms with van der Waals surface area (Å²) in [6.07, 6.45) is 1.92. The van der Waals surface area contributed by atoms with E-state index in [9.17, 15) is 42.0 Å². The highest BCUT2D eigenvalue weighted by Gasteiger charge is 2.42. The number of carbonyl (C=O) groups excluding carboxylic acids is 4.